The lowest BCUT2D eigenvalue weighted by Crippen LogP contribution is -2.15. The topological polar surface area (TPSA) is 52.6 Å². The van der Waals surface area contributed by atoms with Crippen LogP contribution in [0.4, 0.5) is 0 Å². The smallest absolute Gasteiger partial charge is 0.339 e. The number of aryl methyl sites for hydroxylation is 2. The molecule has 0 atom stereocenters. The second-order valence-corrected chi connectivity index (χ2v) is 10.8. The van der Waals surface area contributed by atoms with Crippen molar-refractivity contribution in [2.75, 3.05) is 13.2 Å². The van der Waals surface area contributed by atoms with Gasteiger partial charge in [0.15, 0.2) is 0 Å². The standard InChI is InChI=1S/C24H38O4.C12H10/c1-3-5-7-9-11-15-19-27-23(25)21-17-13-14-18-22(21)24(26)28-20-16-12-10-8-6-4-2;1-3-9-4-2-6-11-8-7-10(5-1)12(9)11/h13-14,17-18H,3-12,15-16,19-20H2,1-2H3;1-6H,7-8H2. The lowest BCUT2D eigenvalue weighted by atomic mass is 10.1. The average Bonchev–Trinajstić information content (AvgIpc) is 3.41. The van der Waals surface area contributed by atoms with Crippen molar-refractivity contribution >= 4 is 22.7 Å². The van der Waals surface area contributed by atoms with Crippen molar-refractivity contribution in [1.29, 1.82) is 0 Å². The molecule has 0 aliphatic heterocycles. The number of hydrogen-bond acceptors (Lipinski definition) is 4. The molecular formula is C36H48O4. The van der Waals surface area contributed by atoms with Gasteiger partial charge in [-0.2, -0.15) is 0 Å². The van der Waals surface area contributed by atoms with Crippen molar-refractivity contribution < 1.29 is 19.1 Å². The number of rotatable bonds is 16. The lowest BCUT2D eigenvalue weighted by Gasteiger charge is -2.10. The molecule has 0 amide bonds. The molecule has 0 spiro atoms. The number of carbonyl (C=O) groups is 2. The van der Waals surface area contributed by atoms with Crippen LogP contribution in [0.5, 0.6) is 0 Å². The minimum Gasteiger partial charge on any atom is -0.462 e. The molecule has 4 nitrogen and oxygen atoms in total. The summed E-state index contributed by atoms with van der Waals surface area (Å²) in [6, 6.07) is 20.0. The Morgan fingerprint density at radius 1 is 0.550 bits per heavy atom. The molecule has 3 aromatic carbocycles. The Morgan fingerprint density at radius 2 is 0.975 bits per heavy atom. The molecule has 0 fully saturated rings. The first-order valence-electron chi connectivity index (χ1n) is 15.6. The number of ether oxygens (including phenoxy) is 2. The number of benzene rings is 3. The van der Waals surface area contributed by atoms with E-state index in [2.05, 4.69) is 50.2 Å². The molecule has 0 bridgehead atoms. The first kappa shape index (κ1) is 31.4. The Balaban J connectivity index is 0.000000297. The van der Waals surface area contributed by atoms with Gasteiger partial charge in [-0.15, -0.1) is 0 Å². The van der Waals surface area contributed by atoms with Gasteiger partial charge in [0, 0.05) is 0 Å². The molecule has 40 heavy (non-hydrogen) atoms. The normalized spacial score (nSPS) is 11.7. The molecule has 0 N–H and O–H groups in total. The molecule has 0 heterocycles. The minimum absolute atomic E-state index is 0.293. The zero-order valence-electron chi connectivity index (χ0n) is 24.7. The lowest BCUT2D eigenvalue weighted by molar-refractivity contribution is 0.0450. The summed E-state index contributed by atoms with van der Waals surface area (Å²) in [6.45, 7) is 5.17. The Kier molecular flexibility index (Phi) is 14.3. The second-order valence-electron chi connectivity index (χ2n) is 10.8. The van der Waals surface area contributed by atoms with Crippen molar-refractivity contribution in [3.63, 3.8) is 0 Å². The number of esters is 2. The van der Waals surface area contributed by atoms with Crippen LogP contribution in [0.15, 0.2) is 60.7 Å². The molecule has 3 aromatic rings. The molecule has 0 saturated carbocycles. The van der Waals surface area contributed by atoms with E-state index in [1.165, 1.54) is 86.1 Å². The zero-order valence-corrected chi connectivity index (χ0v) is 24.7. The maximum absolute atomic E-state index is 12.4. The van der Waals surface area contributed by atoms with E-state index in [4.69, 9.17) is 9.47 Å². The van der Waals surface area contributed by atoms with Crippen LogP contribution >= 0.6 is 0 Å². The molecule has 0 aromatic heterocycles. The molecule has 0 radical (unpaired) electrons. The molecule has 4 rings (SSSR count). The number of unbranched alkanes of at least 4 members (excludes halogenated alkanes) is 10. The Morgan fingerprint density at radius 3 is 1.43 bits per heavy atom. The van der Waals surface area contributed by atoms with E-state index in [0.29, 0.717) is 24.3 Å². The van der Waals surface area contributed by atoms with Crippen LogP contribution in [0, 0.1) is 0 Å². The van der Waals surface area contributed by atoms with Crippen molar-refractivity contribution in [2.24, 2.45) is 0 Å². The summed E-state index contributed by atoms with van der Waals surface area (Å²) in [5.74, 6) is -0.888. The van der Waals surface area contributed by atoms with E-state index >= 15 is 0 Å². The highest BCUT2D eigenvalue weighted by atomic mass is 16.5. The summed E-state index contributed by atoms with van der Waals surface area (Å²) in [5.41, 5.74) is 3.65. The third-order valence-corrected chi connectivity index (χ3v) is 7.57. The fourth-order valence-electron chi connectivity index (χ4n) is 5.28. The second kappa shape index (κ2) is 18.3. The van der Waals surface area contributed by atoms with Gasteiger partial charge >= 0.3 is 11.9 Å². The van der Waals surface area contributed by atoms with Gasteiger partial charge in [0.05, 0.1) is 24.3 Å². The van der Waals surface area contributed by atoms with Crippen LogP contribution in [-0.2, 0) is 22.3 Å². The van der Waals surface area contributed by atoms with E-state index in [-0.39, 0.29) is 0 Å². The predicted molar refractivity (Wildman–Crippen MR) is 165 cm³/mol. The van der Waals surface area contributed by atoms with Crippen LogP contribution in [0.3, 0.4) is 0 Å². The van der Waals surface area contributed by atoms with Gasteiger partial charge in [-0.1, -0.05) is 127 Å². The molecule has 1 aliphatic rings. The van der Waals surface area contributed by atoms with Crippen LogP contribution in [0.25, 0.3) is 10.8 Å². The van der Waals surface area contributed by atoms with Crippen molar-refractivity contribution in [3.05, 3.63) is 82.9 Å². The molecule has 1 aliphatic carbocycles. The van der Waals surface area contributed by atoms with Crippen LogP contribution in [0.1, 0.15) is 123 Å². The van der Waals surface area contributed by atoms with Crippen LogP contribution in [-0.4, -0.2) is 25.2 Å². The summed E-state index contributed by atoms with van der Waals surface area (Å²) < 4.78 is 10.7. The van der Waals surface area contributed by atoms with E-state index in [1.54, 1.807) is 24.3 Å². The van der Waals surface area contributed by atoms with Crippen LogP contribution in [0.2, 0.25) is 0 Å². The van der Waals surface area contributed by atoms with E-state index in [1.807, 2.05) is 0 Å². The molecule has 216 valence electrons. The number of hydrogen-bond donors (Lipinski definition) is 0. The van der Waals surface area contributed by atoms with E-state index in [9.17, 15) is 9.59 Å². The zero-order chi connectivity index (χ0) is 28.4. The van der Waals surface area contributed by atoms with Gasteiger partial charge in [0.25, 0.3) is 0 Å². The Bertz CT molecular complexity index is 1090. The summed E-state index contributed by atoms with van der Waals surface area (Å²) in [6.07, 6.45) is 16.1. The highest BCUT2D eigenvalue weighted by Gasteiger charge is 2.19. The minimum atomic E-state index is -0.444. The summed E-state index contributed by atoms with van der Waals surface area (Å²) >= 11 is 0. The van der Waals surface area contributed by atoms with Crippen molar-refractivity contribution in [1.82, 2.24) is 0 Å². The van der Waals surface area contributed by atoms with Crippen LogP contribution < -0.4 is 0 Å². The van der Waals surface area contributed by atoms with E-state index in [0.717, 1.165) is 25.7 Å². The molecule has 0 unspecified atom stereocenters. The summed E-state index contributed by atoms with van der Waals surface area (Å²) in [4.78, 5) is 24.7. The first-order valence-corrected chi connectivity index (χ1v) is 15.6. The maximum Gasteiger partial charge on any atom is 0.339 e. The van der Waals surface area contributed by atoms with E-state index < -0.39 is 11.9 Å². The average molecular weight is 545 g/mol. The molecule has 4 heteroatoms. The van der Waals surface area contributed by atoms with Gasteiger partial charge in [-0.3, -0.25) is 0 Å². The monoisotopic (exact) mass is 544 g/mol. The Hall–Kier alpha value is -3.14. The SMILES string of the molecule is CCCCCCCCOC(=O)c1ccccc1C(=O)OCCCCCCCC.c1cc2c3c(cccc3c1)CC2. The van der Waals surface area contributed by atoms with Crippen molar-refractivity contribution in [3.8, 4) is 0 Å². The van der Waals surface area contributed by atoms with Gasteiger partial charge in [0.1, 0.15) is 0 Å². The maximum atomic E-state index is 12.4. The highest BCUT2D eigenvalue weighted by Crippen LogP contribution is 2.30. The van der Waals surface area contributed by atoms with Gasteiger partial charge in [-0.25, -0.2) is 9.59 Å². The summed E-state index contributed by atoms with van der Waals surface area (Å²) in [5, 5.41) is 2.92. The largest absolute Gasteiger partial charge is 0.462 e. The Labute approximate surface area is 241 Å². The summed E-state index contributed by atoms with van der Waals surface area (Å²) in [7, 11) is 0. The van der Waals surface area contributed by atoms with Gasteiger partial charge in [-0.05, 0) is 59.7 Å². The van der Waals surface area contributed by atoms with Gasteiger partial charge < -0.3 is 9.47 Å². The van der Waals surface area contributed by atoms with Crippen molar-refractivity contribution in [2.45, 2.75) is 104 Å². The van der Waals surface area contributed by atoms with Gasteiger partial charge in [0.2, 0.25) is 0 Å². The molecular weight excluding hydrogens is 496 g/mol. The third kappa shape index (κ3) is 10.1. The quantitative estimate of drug-likeness (QED) is 0.133. The highest BCUT2D eigenvalue weighted by molar-refractivity contribution is 6.03. The fourth-order valence-corrected chi connectivity index (χ4v) is 5.28. The molecule has 0 saturated heterocycles. The number of carbonyl (C=O) groups excluding carboxylic acids is 2. The third-order valence-electron chi connectivity index (χ3n) is 7.57. The predicted octanol–water partition coefficient (Wildman–Crippen LogP) is 9.66. The fraction of sp³-hybridized carbons (Fsp3) is 0.500. The first-order chi connectivity index (χ1) is 19.7.